The molecule has 2 N–H and O–H groups in total. The first-order valence-corrected chi connectivity index (χ1v) is 7.98. The monoisotopic (exact) mass is 251 g/mol. The molecule has 0 aliphatic heterocycles. The van der Waals surface area contributed by atoms with E-state index in [0.717, 1.165) is 25.7 Å². The SMILES string of the molecule is CCC1CCCCC1C(=O)C1(CN)CCCCC1. The molecule has 2 heteroatoms. The van der Waals surface area contributed by atoms with Crippen LogP contribution in [-0.4, -0.2) is 12.3 Å². The molecule has 2 nitrogen and oxygen atoms in total. The standard InChI is InChI=1S/C16H29NO/c1-2-13-8-4-5-9-14(13)15(18)16(12-17)10-6-3-7-11-16/h13-14H,2-12,17H2,1H3. The molecule has 2 unspecified atom stereocenters. The van der Waals surface area contributed by atoms with Crippen LogP contribution in [0.4, 0.5) is 0 Å². The van der Waals surface area contributed by atoms with E-state index >= 15 is 0 Å². The van der Waals surface area contributed by atoms with Gasteiger partial charge in [0.1, 0.15) is 5.78 Å². The predicted octanol–water partition coefficient (Wildman–Crippen LogP) is 3.68. The number of hydrogen-bond acceptors (Lipinski definition) is 2. The highest BCUT2D eigenvalue weighted by Gasteiger charge is 2.43. The fourth-order valence-corrected chi connectivity index (χ4v) is 4.21. The zero-order valence-electron chi connectivity index (χ0n) is 11.9. The topological polar surface area (TPSA) is 43.1 Å². The molecule has 0 radical (unpaired) electrons. The van der Waals surface area contributed by atoms with Gasteiger partial charge in [-0.05, 0) is 31.6 Å². The average Bonchev–Trinajstić information content (AvgIpc) is 2.47. The molecular formula is C16H29NO. The molecule has 2 atom stereocenters. The summed E-state index contributed by atoms with van der Waals surface area (Å²) in [5, 5.41) is 0. The number of carbonyl (C=O) groups is 1. The van der Waals surface area contributed by atoms with Crippen LogP contribution in [0.15, 0.2) is 0 Å². The molecule has 0 spiro atoms. The largest absolute Gasteiger partial charge is 0.329 e. The van der Waals surface area contributed by atoms with Crippen molar-refractivity contribution >= 4 is 5.78 Å². The van der Waals surface area contributed by atoms with Crippen molar-refractivity contribution in [2.24, 2.45) is 23.0 Å². The maximum absolute atomic E-state index is 13.0. The maximum Gasteiger partial charge on any atom is 0.143 e. The van der Waals surface area contributed by atoms with Crippen LogP contribution in [0.5, 0.6) is 0 Å². The molecule has 104 valence electrons. The smallest absolute Gasteiger partial charge is 0.143 e. The van der Waals surface area contributed by atoms with Gasteiger partial charge in [-0.2, -0.15) is 0 Å². The van der Waals surface area contributed by atoms with Crippen LogP contribution in [-0.2, 0) is 4.79 Å². The van der Waals surface area contributed by atoms with Crippen LogP contribution in [0.25, 0.3) is 0 Å². The minimum atomic E-state index is -0.145. The Morgan fingerprint density at radius 2 is 1.78 bits per heavy atom. The van der Waals surface area contributed by atoms with Gasteiger partial charge in [0.15, 0.2) is 0 Å². The van der Waals surface area contributed by atoms with Crippen LogP contribution in [0.1, 0.15) is 71.1 Å². The second-order valence-corrected chi connectivity index (χ2v) is 6.47. The Balaban J connectivity index is 2.11. The molecule has 0 heterocycles. The van der Waals surface area contributed by atoms with Crippen LogP contribution >= 0.6 is 0 Å². The summed E-state index contributed by atoms with van der Waals surface area (Å²) in [6.45, 7) is 2.82. The van der Waals surface area contributed by atoms with Gasteiger partial charge in [0.05, 0.1) is 0 Å². The summed E-state index contributed by atoms with van der Waals surface area (Å²) in [5.74, 6) is 1.50. The lowest BCUT2D eigenvalue weighted by Gasteiger charge is -2.41. The molecule has 0 saturated heterocycles. The van der Waals surface area contributed by atoms with Crippen molar-refractivity contribution in [1.82, 2.24) is 0 Å². The maximum atomic E-state index is 13.0. The highest BCUT2D eigenvalue weighted by Crippen LogP contribution is 2.43. The number of rotatable bonds is 4. The van der Waals surface area contributed by atoms with Crippen molar-refractivity contribution in [3.05, 3.63) is 0 Å². The van der Waals surface area contributed by atoms with E-state index in [2.05, 4.69) is 6.92 Å². The minimum absolute atomic E-state index is 0.145. The third-order valence-corrected chi connectivity index (χ3v) is 5.49. The molecule has 18 heavy (non-hydrogen) atoms. The first kappa shape index (κ1) is 14.0. The Kier molecular flexibility index (Phi) is 4.83. The number of carbonyl (C=O) groups excluding carboxylic acids is 1. The fourth-order valence-electron chi connectivity index (χ4n) is 4.21. The lowest BCUT2D eigenvalue weighted by atomic mass is 9.63. The van der Waals surface area contributed by atoms with Crippen LogP contribution in [0.2, 0.25) is 0 Å². The Morgan fingerprint density at radius 3 is 2.39 bits per heavy atom. The number of Topliss-reactive ketones (excluding diaryl/α,β-unsaturated/α-hetero) is 1. The first-order valence-electron chi connectivity index (χ1n) is 7.98. The predicted molar refractivity (Wildman–Crippen MR) is 75.3 cm³/mol. The van der Waals surface area contributed by atoms with Crippen LogP contribution in [0, 0.1) is 17.3 Å². The van der Waals surface area contributed by atoms with E-state index in [4.69, 9.17) is 5.73 Å². The second kappa shape index (κ2) is 6.18. The number of nitrogens with two attached hydrogens (primary N) is 1. The molecule has 2 rings (SSSR count). The van der Waals surface area contributed by atoms with Gasteiger partial charge in [0.2, 0.25) is 0 Å². The summed E-state index contributed by atoms with van der Waals surface area (Å²) in [4.78, 5) is 13.0. The van der Waals surface area contributed by atoms with Gasteiger partial charge in [0, 0.05) is 17.9 Å². The second-order valence-electron chi connectivity index (χ2n) is 6.47. The third kappa shape index (κ3) is 2.64. The highest BCUT2D eigenvalue weighted by atomic mass is 16.1. The van der Waals surface area contributed by atoms with Crippen LogP contribution < -0.4 is 5.73 Å². The fraction of sp³-hybridized carbons (Fsp3) is 0.938. The van der Waals surface area contributed by atoms with Crippen LogP contribution in [0.3, 0.4) is 0 Å². The Morgan fingerprint density at radius 1 is 1.11 bits per heavy atom. The van der Waals surface area contributed by atoms with Crippen molar-refractivity contribution in [2.75, 3.05) is 6.54 Å². The van der Waals surface area contributed by atoms with E-state index in [1.807, 2.05) is 0 Å². The third-order valence-electron chi connectivity index (χ3n) is 5.49. The zero-order valence-corrected chi connectivity index (χ0v) is 11.9. The molecule has 2 aliphatic carbocycles. The van der Waals surface area contributed by atoms with Gasteiger partial charge < -0.3 is 5.73 Å². The minimum Gasteiger partial charge on any atom is -0.329 e. The molecule has 0 amide bonds. The highest BCUT2D eigenvalue weighted by molar-refractivity contribution is 5.87. The first-order chi connectivity index (χ1) is 8.73. The van der Waals surface area contributed by atoms with E-state index in [-0.39, 0.29) is 5.41 Å². The number of hydrogen-bond donors (Lipinski definition) is 1. The van der Waals surface area contributed by atoms with Gasteiger partial charge in [-0.15, -0.1) is 0 Å². The van der Waals surface area contributed by atoms with Crippen molar-refractivity contribution in [3.8, 4) is 0 Å². The molecule has 2 aliphatic rings. The zero-order chi connectivity index (χ0) is 13.0. The van der Waals surface area contributed by atoms with Crippen molar-refractivity contribution in [1.29, 1.82) is 0 Å². The lowest BCUT2D eigenvalue weighted by Crippen LogP contribution is -2.46. The van der Waals surface area contributed by atoms with E-state index in [1.54, 1.807) is 0 Å². The summed E-state index contributed by atoms with van der Waals surface area (Å²) in [6.07, 6.45) is 11.9. The van der Waals surface area contributed by atoms with E-state index in [0.29, 0.717) is 24.2 Å². The Bertz CT molecular complexity index is 281. The Hall–Kier alpha value is -0.370. The van der Waals surface area contributed by atoms with Gasteiger partial charge in [0.25, 0.3) is 0 Å². The van der Waals surface area contributed by atoms with Gasteiger partial charge >= 0.3 is 0 Å². The Labute approximate surface area is 112 Å². The molecule has 2 saturated carbocycles. The van der Waals surface area contributed by atoms with Crippen molar-refractivity contribution < 1.29 is 4.79 Å². The van der Waals surface area contributed by atoms with Crippen molar-refractivity contribution in [3.63, 3.8) is 0 Å². The summed E-state index contributed by atoms with van der Waals surface area (Å²) in [6, 6.07) is 0. The summed E-state index contributed by atoms with van der Waals surface area (Å²) >= 11 is 0. The van der Waals surface area contributed by atoms with E-state index in [9.17, 15) is 4.79 Å². The molecule has 2 fully saturated rings. The van der Waals surface area contributed by atoms with E-state index < -0.39 is 0 Å². The number of ketones is 1. The normalized spacial score (nSPS) is 32.1. The molecule has 0 aromatic heterocycles. The lowest BCUT2D eigenvalue weighted by molar-refractivity contribution is -0.137. The van der Waals surface area contributed by atoms with Crippen molar-refractivity contribution in [2.45, 2.75) is 71.1 Å². The van der Waals surface area contributed by atoms with Gasteiger partial charge in [-0.1, -0.05) is 45.4 Å². The molecule has 0 bridgehead atoms. The molecule has 0 aromatic rings. The van der Waals surface area contributed by atoms with Gasteiger partial charge in [-0.25, -0.2) is 0 Å². The van der Waals surface area contributed by atoms with E-state index in [1.165, 1.54) is 38.5 Å². The van der Waals surface area contributed by atoms with Gasteiger partial charge in [-0.3, -0.25) is 4.79 Å². The average molecular weight is 251 g/mol. The summed E-state index contributed by atoms with van der Waals surface area (Å²) < 4.78 is 0. The molecule has 0 aromatic carbocycles. The quantitative estimate of drug-likeness (QED) is 0.828. The molecular weight excluding hydrogens is 222 g/mol. The summed E-state index contributed by atoms with van der Waals surface area (Å²) in [5.41, 5.74) is 5.87. The summed E-state index contributed by atoms with van der Waals surface area (Å²) in [7, 11) is 0.